The minimum atomic E-state index is -0.692. The number of nitrogens with zero attached hydrogens (tertiary/aromatic N) is 2. The molecule has 1 aromatic carbocycles. The van der Waals surface area contributed by atoms with Gasteiger partial charge in [-0.3, -0.25) is 24.0 Å². The highest BCUT2D eigenvalue weighted by atomic mass is 16.6. The number of aromatic nitrogens is 2. The minimum absolute atomic E-state index is 0.210. The molecule has 0 aliphatic carbocycles. The topological polar surface area (TPSA) is 111 Å². The molecule has 0 radical (unpaired) electrons. The van der Waals surface area contributed by atoms with Crippen molar-refractivity contribution in [2.24, 2.45) is 7.05 Å². The van der Waals surface area contributed by atoms with Gasteiger partial charge in [0.25, 0.3) is 0 Å². The number of fused-ring (bicyclic) bond motifs is 1. The summed E-state index contributed by atoms with van der Waals surface area (Å²) in [5.74, 6) is -0.759. The lowest BCUT2D eigenvalue weighted by atomic mass is 10.1. The van der Waals surface area contributed by atoms with E-state index in [2.05, 4.69) is 10.6 Å². The van der Waals surface area contributed by atoms with Crippen molar-refractivity contribution in [2.45, 2.75) is 58.1 Å². The summed E-state index contributed by atoms with van der Waals surface area (Å²) in [7, 11) is 1.67. The maximum absolute atomic E-state index is 12.8. The van der Waals surface area contributed by atoms with Gasteiger partial charge < -0.3 is 10.1 Å². The normalized spacial score (nSPS) is 17.1. The molecule has 162 valence electrons. The number of alkyl carbamates (subject to hydrolysis) is 1. The summed E-state index contributed by atoms with van der Waals surface area (Å²) in [6.45, 7) is 5.91. The van der Waals surface area contributed by atoms with Crippen molar-refractivity contribution in [3.8, 4) is 0 Å². The second-order valence-corrected chi connectivity index (χ2v) is 8.53. The number of imide groups is 1. The van der Waals surface area contributed by atoms with Crippen LogP contribution in [0.1, 0.15) is 51.6 Å². The van der Waals surface area contributed by atoms with Crippen molar-refractivity contribution in [3.05, 3.63) is 34.2 Å². The second kappa shape index (κ2) is 8.33. The number of benzene rings is 1. The number of nitrogens with one attached hydrogen (secondary N) is 2. The van der Waals surface area contributed by atoms with Crippen LogP contribution >= 0.6 is 0 Å². The van der Waals surface area contributed by atoms with Crippen LogP contribution in [0.3, 0.4) is 0 Å². The number of ether oxygens (including phenoxy) is 1. The molecule has 1 atom stereocenters. The van der Waals surface area contributed by atoms with Gasteiger partial charge in [0, 0.05) is 20.0 Å². The van der Waals surface area contributed by atoms with Crippen molar-refractivity contribution in [2.75, 3.05) is 6.54 Å². The molecule has 1 aromatic heterocycles. The van der Waals surface area contributed by atoms with Gasteiger partial charge in [-0.25, -0.2) is 9.59 Å². The van der Waals surface area contributed by atoms with Gasteiger partial charge in [0.05, 0.1) is 11.0 Å². The molecule has 0 spiro atoms. The van der Waals surface area contributed by atoms with Crippen molar-refractivity contribution in [3.63, 3.8) is 0 Å². The predicted molar refractivity (Wildman–Crippen MR) is 111 cm³/mol. The zero-order chi connectivity index (χ0) is 22.1. The van der Waals surface area contributed by atoms with Crippen LogP contribution in [0.5, 0.6) is 0 Å². The highest BCUT2D eigenvalue weighted by molar-refractivity contribution is 6.00. The SMILES string of the molecule is Cn1c(=O)n(C2CCC(=O)NC2=O)c2ccc(CCCNC(=O)OC(C)(C)C)cc21. The van der Waals surface area contributed by atoms with Gasteiger partial charge in [-0.05, 0) is 57.7 Å². The number of carbonyl (C=O) groups is 3. The summed E-state index contributed by atoms with van der Waals surface area (Å²) >= 11 is 0. The molecule has 9 heteroatoms. The van der Waals surface area contributed by atoms with E-state index in [0.717, 1.165) is 11.1 Å². The van der Waals surface area contributed by atoms with Gasteiger partial charge >= 0.3 is 11.8 Å². The number of carbonyl (C=O) groups excluding carboxylic acids is 3. The number of hydrogen-bond donors (Lipinski definition) is 2. The lowest BCUT2D eigenvalue weighted by Crippen LogP contribution is -2.44. The lowest BCUT2D eigenvalue weighted by molar-refractivity contribution is -0.135. The fraction of sp³-hybridized carbons (Fsp3) is 0.524. The van der Waals surface area contributed by atoms with E-state index in [9.17, 15) is 19.2 Å². The van der Waals surface area contributed by atoms with Crippen LogP contribution in [0.25, 0.3) is 11.0 Å². The summed E-state index contributed by atoms with van der Waals surface area (Å²) in [4.78, 5) is 48.1. The Morgan fingerprint density at radius 3 is 2.63 bits per heavy atom. The number of piperidine rings is 1. The van der Waals surface area contributed by atoms with E-state index in [1.165, 1.54) is 9.13 Å². The molecule has 3 amide bonds. The Kier molecular flexibility index (Phi) is 6.00. The molecule has 9 nitrogen and oxygen atoms in total. The van der Waals surface area contributed by atoms with E-state index in [1.54, 1.807) is 7.05 Å². The first kappa shape index (κ1) is 21.6. The monoisotopic (exact) mass is 416 g/mol. The molecule has 3 rings (SSSR count). The quantitative estimate of drug-likeness (QED) is 0.570. The lowest BCUT2D eigenvalue weighted by Gasteiger charge is -2.21. The average molecular weight is 416 g/mol. The third-order valence-corrected chi connectivity index (χ3v) is 4.99. The number of amides is 3. The van der Waals surface area contributed by atoms with E-state index in [1.807, 2.05) is 39.0 Å². The van der Waals surface area contributed by atoms with Crippen LogP contribution in [-0.4, -0.2) is 39.2 Å². The van der Waals surface area contributed by atoms with Gasteiger partial charge in [-0.2, -0.15) is 0 Å². The van der Waals surface area contributed by atoms with E-state index < -0.39 is 23.6 Å². The predicted octanol–water partition coefficient (Wildman–Crippen LogP) is 1.77. The summed E-state index contributed by atoms with van der Waals surface area (Å²) in [5.41, 5.74) is 1.58. The van der Waals surface area contributed by atoms with Gasteiger partial charge in [-0.1, -0.05) is 6.07 Å². The summed E-state index contributed by atoms with van der Waals surface area (Å²) in [6.07, 6.45) is 1.50. The molecular formula is C21H28N4O5. The van der Waals surface area contributed by atoms with Crippen LogP contribution in [0, 0.1) is 0 Å². The zero-order valence-electron chi connectivity index (χ0n) is 17.8. The van der Waals surface area contributed by atoms with Gasteiger partial charge in [0.2, 0.25) is 11.8 Å². The smallest absolute Gasteiger partial charge is 0.407 e. The van der Waals surface area contributed by atoms with E-state index in [4.69, 9.17) is 4.74 Å². The highest BCUT2D eigenvalue weighted by Gasteiger charge is 2.31. The molecular weight excluding hydrogens is 388 g/mol. The summed E-state index contributed by atoms with van der Waals surface area (Å²) in [6, 6.07) is 4.98. The fourth-order valence-electron chi connectivity index (χ4n) is 3.59. The molecule has 1 saturated heterocycles. The third-order valence-electron chi connectivity index (χ3n) is 4.99. The number of hydrogen-bond acceptors (Lipinski definition) is 5. The Bertz CT molecular complexity index is 1040. The van der Waals surface area contributed by atoms with Crippen LogP contribution in [0.15, 0.2) is 23.0 Å². The largest absolute Gasteiger partial charge is 0.444 e. The second-order valence-electron chi connectivity index (χ2n) is 8.53. The van der Waals surface area contributed by atoms with Gasteiger partial charge in [0.1, 0.15) is 11.6 Å². The van der Waals surface area contributed by atoms with Crippen LogP contribution in [-0.2, 0) is 27.8 Å². The first-order valence-corrected chi connectivity index (χ1v) is 10.1. The molecule has 1 unspecified atom stereocenters. The number of rotatable bonds is 5. The summed E-state index contributed by atoms with van der Waals surface area (Å²) in [5, 5.41) is 5.04. The molecule has 2 aromatic rings. The molecule has 30 heavy (non-hydrogen) atoms. The van der Waals surface area contributed by atoms with E-state index in [0.29, 0.717) is 31.3 Å². The van der Waals surface area contributed by atoms with Crippen molar-refractivity contribution < 1.29 is 19.1 Å². The summed E-state index contributed by atoms with van der Waals surface area (Å²) < 4.78 is 8.19. The standard InChI is InChI=1S/C21H28N4O5/c1-21(2,3)30-19(28)22-11-5-6-13-7-8-14-16(12-13)24(4)20(29)25(14)15-9-10-17(26)23-18(15)27/h7-8,12,15H,5-6,9-11H2,1-4H3,(H,22,28)(H,23,26,27). The average Bonchev–Trinajstić information content (AvgIpc) is 2.88. The Balaban J connectivity index is 1.71. The van der Waals surface area contributed by atoms with Crippen molar-refractivity contribution in [1.82, 2.24) is 19.8 Å². The van der Waals surface area contributed by atoms with Crippen LogP contribution < -0.4 is 16.3 Å². The van der Waals surface area contributed by atoms with E-state index >= 15 is 0 Å². The maximum atomic E-state index is 12.8. The van der Waals surface area contributed by atoms with Crippen molar-refractivity contribution >= 4 is 28.9 Å². The minimum Gasteiger partial charge on any atom is -0.444 e. The molecule has 1 aliphatic heterocycles. The Hall–Kier alpha value is -3.10. The van der Waals surface area contributed by atoms with Gasteiger partial charge in [-0.15, -0.1) is 0 Å². The molecule has 2 N–H and O–H groups in total. The van der Waals surface area contributed by atoms with Crippen molar-refractivity contribution in [1.29, 1.82) is 0 Å². The maximum Gasteiger partial charge on any atom is 0.407 e. The Morgan fingerprint density at radius 1 is 1.23 bits per heavy atom. The number of aryl methyl sites for hydroxylation is 2. The highest BCUT2D eigenvalue weighted by Crippen LogP contribution is 2.24. The Morgan fingerprint density at radius 2 is 1.97 bits per heavy atom. The van der Waals surface area contributed by atoms with Gasteiger partial charge in [0.15, 0.2) is 0 Å². The molecule has 0 saturated carbocycles. The molecule has 0 bridgehead atoms. The first-order chi connectivity index (χ1) is 14.1. The molecule has 1 fully saturated rings. The van der Waals surface area contributed by atoms with E-state index in [-0.39, 0.29) is 18.0 Å². The zero-order valence-corrected chi connectivity index (χ0v) is 17.8. The fourth-order valence-corrected chi connectivity index (χ4v) is 3.59. The molecule has 2 heterocycles. The van der Waals surface area contributed by atoms with Crippen LogP contribution in [0.4, 0.5) is 4.79 Å². The Labute approximate surface area is 174 Å². The third kappa shape index (κ3) is 4.72. The molecule has 1 aliphatic rings. The number of imidazole rings is 1. The van der Waals surface area contributed by atoms with Crippen LogP contribution in [0.2, 0.25) is 0 Å². The first-order valence-electron chi connectivity index (χ1n) is 10.1.